The van der Waals surface area contributed by atoms with E-state index in [9.17, 15) is 14.7 Å². The van der Waals surface area contributed by atoms with E-state index in [2.05, 4.69) is 6.92 Å². The summed E-state index contributed by atoms with van der Waals surface area (Å²) >= 11 is 0. The molecule has 1 fully saturated rings. The van der Waals surface area contributed by atoms with Gasteiger partial charge in [-0.15, -0.1) is 0 Å². The molecule has 1 atom stereocenters. The van der Waals surface area contributed by atoms with Gasteiger partial charge in [-0.05, 0) is 42.3 Å². The van der Waals surface area contributed by atoms with Crippen LogP contribution in [0.2, 0.25) is 0 Å². The number of ether oxygens (including phenoxy) is 4. The minimum Gasteiger partial charge on any atom is -0.507 e. The summed E-state index contributed by atoms with van der Waals surface area (Å²) in [6.45, 7) is 3.94. The molecule has 2 aliphatic heterocycles. The Morgan fingerprint density at radius 1 is 1.09 bits per heavy atom. The summed E-state index contributed by atoms with van der Waals surface area (Å²) in [5, 5.41) is 11.2. The molecule has 2 aromatic rings. The first kappa shape index (κ1) is 23.6. The van der Waals surface area contributed by atoms with Gasteiger partial charge in [0.2, 0.25) is 0 Å². The third kappa shape index (κ3) is 4.72. The molecular formula is C26H29NO7. The maximum Gasteiger partial charge on any atom is 0.295 e. The highest BCUT2D eigenvalue weighted by Gasteiger charge is 2.46. The van der Waals surface area contributed by atoms with Crippen LogP contribution in [0.4, 0.5) is 0 Å². The first-order valence-corrected chi connectivity index (χ1v) is 11.4. The number of hydrogen-bond donors (Lipinski definition) is 1. The minimum atomic E-state index is -0.780. The Labute approximate surface area is 198 Å². The van der Waals surface area contributed by atoms with Crippen LogP contribution in [0.5, 0.6) is 17.2 Å². The average molecular weight is 468 g/mol. The van der Waals surface area contributed by atoms with Crippen molar-refractivity contribution < 1.29 is 33.6 Å². The Morgan fingerprint density at radius 2 is 1.88 bits per heavy atom. The summed E-state index contributed by atoms with van der Waals surface area (Å²) < 4.78 is 22.2. The summed E-state index contributed by atoms with van der Waals surface area (Å²) in [4.78, 5) is 27.5. The number of unbranched alkanes of at least 4 members (excludes halogenated alkanes) is 1. The lowest BCUT2D eigenvalue weighted by Crippen LogP contribution is -2.32. The molecule has 180 valence electrons. The number of fused-ring (bicyclic) bond motifs is 1. The molecule has 2 aliphatic rings. The standard InChI is InChI=1S/C26H29NO7/c1-3-4-11-32-19-7-5-6-17(15-19)23-22(25(29)26(30)27(23)10-12-31-2)24(28)18-8-9-20-21(16-18)34-14-13-33-20/h5-9,15-16,23,28H,3-4,10-14H2,1-2H3. The number of benzene rings is 2. The van der Waals surface area contributed by atoms with Crippen LogP contribution in [-0.4, -0.2) is 61.8 Å². The third-order valence-electron chi connectivity index (χ3n) is 5.83. The molecule has 0 bridgehead atoms. The van der Waals surface area contributed by atoms with Gasteiger partial charge in [-0.25, -0.2) is 0 Å². The van der Waals surface area contributed by atoms with Gasteiger partial charge in [0.25, 0.3) is 11.7 Å². The summed E-state index contributed by atoms with van der Waals surface area (Å²) in [7, 11) is 1.53. The second kappa shape index (κ2) is 10.6. The highest BCUT2D eigenvalue weighted by molar-refractivity contribution is 6.46. The van der Waals surface area contributed by atoms with Crippen molar-refractivity contribution in [2.75, 3.05) is 40.1 Å². The maximum atomic E-state index is 13.1. The predicted octanol–water partition coefficient (Wildman–Crippen LogP) is 3.70. The van der Waals surface area contributed by atoms with E-state index in [1.807, 2.05) is 24.3 Å². The maximum absolute atomic E-state index is 13.1. The lowest BCUT2D eigenvalue weighted by atomic mass is 9.95. The van der Waals surface area contributed by atoms with Crippen molar-refractivity contribution in [3.05, 3.63) is 59.2 Å². The molecule has 0 saturated carbocycles. The molecule has 2 aromatic carbocycles. The zero-order valence-corrected chi connectivity index (χ0v) is 19.4. The number of amides is 1. The van der Waals surface area contributed by atoms with Crippen molar-refractivity contribution in [2.45, 2.75) is 25.8 Å². The number of aliphatic hydroxyl groups excluding tert-OH is 1. The highest BCUT2D eigenvalue weighted by atomic mass is 16.6. The molecule has 8 heteroatoms. The number of carbonyl (C=O) groups is 2. The molecular weight excluding hydrogens is 438 g/mol. The van der Waals surface area contributed by atoms with Gasteiger partial charge < -0.3 is 29.0 Å². The number of carbonyl (C=O) groups excluding carboxylic acids is 2. The number of Topliss-reactive ketones (excluding diaryl/α,β-unsaturated/α-hetero) is 1. The molecule has 1 N–H and O–H groups in total. The summed E-state index contributed by atoms with van der Waals surface area (Å²) in [5.41, 5.74) is 1.06. The zero-order chi connectivity index (χ0) is 24.1. The molecule has 8 nitrogen and oxygen atoms in total. The number of rotatable bonds is 9. The van der Waals surface area contributed by atoms with E-state index in [0.29, 0.717) is 48.2 Å². The molecule has 1 saturated heterocycles. The van der Waals surface area contributed by atoms with Crippen molar-refractivity contribution in [1.29, 1.82) is 0 Å². The second-order valence-corrected chi connectivity index (χ2v) is 8.12. The third-order valence-corrected chi connectivity index (χ3v) is 5.83. The Morgan fingerprint density at radius 3 is 2.65 bits per heavy atom. The predicted molar refractivity (Wildman–Crippen MR) is 125 cm³/mol. The van der Waals surface area contributed by atoms with Crippen LogP contribution in [0.1, 0.15) is 36.9 Å². The van der Waals surface area contributed by atoms with Crippen LogP contribution in [0, 0.1) is 0 Å². The monoisotopic (exact) mass is 467 g/mol. The first-order valence-electron chi connectivity index (χ1n) is 11.4. The van der Waals surface area contributed by atoms with Crippen LogP contribution in [0.3, 0.4) is 0 Å². The molecule has 2 heterocycles. The van der Waals surface area contributed by atoms with E-state index in [4.69, 9.17) is 18.9 Å². The number of ketones is 1. The van der Waals surface area contributed by atoms with Crippen molar-refractivity contribution in [3.63, 3.8) is 0 Å². The largest absolute Gasteiger partial charge is 0.507 e. The van der Waals surface area contributed by atoms with Crippen LogP contribution in [0.15, 0.2) is 48.0 Å². The normalized spacial score (nSPS) is 18.9. The van der Waals surface area contributed by atoms with Crippen LogP contribution in [-0.2, 0) is 14.3 Å². The van der Waals surface area contributed by atoms with Gasteiger partial charge in [-0.3, -0.25) is 9.59 Å². The van der Waals surface area contributed by atoms with Gasteiger partial charge in [-0.1, -0.05) is 25.5 Å². The average Bonchev–Trinajstić information content (AvgIpc) is 3.12. The quantitative estimate of drug-likeness (QED) is 0.260. The van der Waals surface area contributed by atoms with Crippen LogP contribution in [0.25, 0.3) is 5.76 Å². The lowest BCUT2D eigenvalue weighted by Gasteiger charge is -2.25. The van der Waals surface area contributed by atoms with E-state index in [-0.39, 0.29) is 24.5 Å². The van der Waals surface area contributed by atoms with Crippen molar-refractivity contribution in [2.24, 2.45) is 0 Å². The fourth-order valence-corrected chi connectivity index (χ4v) is 4.10. The SMILES string of the molecule is CCCCOc1cccc(C2C(=C(O)c3ccc4c(c3)OCCO4)C(=O)C(=O)N2CCOC)c1. The lowest BCUT2D eigenvalue weighted by molar-refractivity contribution is -0.140. The topological polar surface area (TPSA) is 94.5 Å². The van der Waals surface area contributed by atoms with Crippen molar-refractivity contribution >= 4 is 17.4 Å². The highest BCUT2D eigenvalue weighted by Crippen LogP contribution is 2.41. The number of nitrogens with zero attached hydrogens (tertiary/aromatic N) is 1. The molecule has 0 aliphatic carbocycles. The fraction of sp³-hybridized carbons (Fsp3) is 0.385. The van der Waals surface area contributed by atoms with Gasteiger partial charge in [0.1, 0.15) is 24.7 Å². The Balaban J connectivity index is 1.77. The van der Waals surface area contributed by atoms with E-state index in [1.54, 1.807) is 18.2 Å². The van der Waals surface area contributed by atoms with E-state index >= 15 is 0 Å². The van der Waals surface area contributed by atoms with Crippen molar-refractivity contribution in [3.8, 4) is 17.2 Å². The van der Waals surface area contributed by atoms with Crippen molar-refractivity contribution in [1.82, 2.24) is 4.90 Å². The molecule has 0 spiro atoms. The molecule has 0 radical (unpaired) electrons. The smallest absolute Gasteiger partial charge is 0.295 e. The molecule has 1 unspecified atom stereocenters. The molecule has 0 aromatic heterocycles. The number of aliphatic hydroxyl groups is 1. The Hall–Kier alpha value is -3.52. The van der Waals surface area contributed by atoms with Crippen LogP contribution < -0.4 is 14.2 Å². The van der Waals surface area contributed by atoms with Gasteiger partial charge in [0, 0.05) is 19.2 Å². The fourth-order valence-electron chi connectivity index (χ4n) is 4.10. The molecule has 34 heavy (non-hydrogen) atoms. The summed E-state index contributed by atoms with van der Waals surface area (Å²) in [5.74, 6) is -0.00648. The second-order valence-electron chi connectivity index (χ2n) is 8.12. The summed E-state index contributed by atoms with van der Waals surface area (Å²) in [6.07, 6.45) is 1.92. The number of hydrogen-bond acceptors (Lipinski definition) is 7. The molecule has 1 amide bonds. The first-order chi connectivity index (χ1) is 16.5. The van der Waals surface area contributed by atoms with Gasteiger partial charge in [0.15, 0.2) is 11.5 Å². The number of likely N-dealkylation sites (tertiary alicyclic amines) is 1. The Kier molecular flexibility index (Phi) is 7.37. The van der Waals surface area contributed by atoms with E-state index in [0.717, 1.165) is 12.8 Å². The molecule has 4 rings (SSSR count). The van der Waals surface area contributed by atoms with Gasteiger partial charge >= 0.3 is 0 Å². The Bertz CT molecular complexity index is 1090. The van der Waals surface area contributed by atoms with Gasteiger partial charge in [0.05, 0.1) is 24.8 Å². The zero-order valence-electron chi connectivity index (χ0n) is 19.4. The summed E-state index contributed by atoms with van der Waals surface area (Å²) in [6, 6.07) is 11.4. The minimum absolute atomic E-state index is 0.0171. The van der Waals surface area contributed by atoms with Gasteiger partial charge in [-0.2, -0.15) is 0 Å². The van der Waals surface area contributed by atoms with Crippen LogP contribution >= 0.6 is 0 Å². The number of methoxy groups -OCH3 is 1. The van der Waals surface area contributed by atoms with E-state index in [1.165, 1.54) is 12.0 Å². The van der Waals surface area contributed by atoms with E-state index < -0.39 is 17.7 Å².